The third-order valence-electron chi connectivity index (χ3n) is 3.92. The van der Waals surface area contributed by atoms with E-state index in [-0.39, 0.29) is 5.91 Å². The molecule has 2 aromatic rings. The summed E-state index contributed by atoms with van der Waals surface area (Å²) in [7, 11) is 0. The Hall–Kier alpha value is -2.07. The van der Waals surface area contributed by atoms with E-state index >= 15 is 0 Å². The lowest BCUT2D eigenvalue weighted by Gasteiger charge is -2.26. The average molecular weight is 312 g/mol. The topological polar surface area (TPSA) is 32.3 Å². The first-order chi connectivity index (χ1) is 10.8. The molecule has 1 aromatic heterocycles. The second-order valence-electron chi connectivity index (χ2n) is 5.42. The van der Waals surface area contributed by atoms with Crippen LogP contribution < -0.4 is 10.2 Å². The van der Waals surface area contributed by atoms with Gasteiger partial charge in [0.25, 0.3) is 0 Å². The Morgan fingerprint density at radius 2 is 2.14 bits per heavy atom. The first kappa shape index (κ1) is 14.9. The fraction of sp³-hybridized carbons (Fsp3) is 0.278. The third kappa shape index (κ3) is 3.77. The molecule has 1 fully saturated rings. The number of nitrogens with zero attached hydrogens (tertiary/aromatic N) is 1. The number of carbonyl (C=O) groups is 1. The second kappa shape index (κ2) is 7.27. The lowest BCUT2D eigenvalue weighted by atomic mass is 10.2. The van der Waals surface area contributed by atoms with E-state index < -0.39 is 0 Å². The Morgan fingerprint density at radius 3 is 2.91 bits per heavy atom. The zero-order valence-electron chi connectivity index (χ0n) is 12.4. The summed E-state index contributed by atoms with van der Waals surface area (Å²) in [6, 6.07) is 14.8. The van der Waals surface area contributed by atoms with Gasteiger partial charge in [-0.2, -0.15) is 0 Å². The molecule has 1 amide bonds. The van der Waals surface area contributed by atoms with Crippen LogP contribution in [0.4, 0.5) is 5.69 Å². The molecule has 1 aromatic carbocycles. The molecule has 0 spiro atoms. The molecule has 114 valence electrons. The highest BCUT2D eigenvalue weighted by Gasteiger charge is 2.24. The summed E-state index contributed by atoms with van der Waals surface area (Å²) in [5.74, 6) is -0.0201. The minimum atomic E-state index is -0.0201. The van der Waals surface area contributed by atoms with Crippen molar-refractivity contribution in [1.29, 1.82) is 0 Å². The van der Waals surface area contributed by atoms with Gasteiger partial charge in [-0.3, -0.25) is 4.79 Å². The van der Waals surface area contributed by atoms with Gasteiger partial charge in [-0.15, -0.1) is 11.3 Å². The number of amides is 1. The summed E-state index contributed by atoms with van der Waals surface area (Å²) >= 11 is 1.63. The maximum Gasteiger partial charge on any atom is 0.244 e. The van der Waals surface area contributed by atoms with Crippen molar-refractivity contribution in [2.24, 2.45) is 0 Å². The second-order valence-corrected chi connectivity index (χ2v) is 6.40. The minimum Gasteiger partial charge on any atom is -0.367 e. The van der Waals surface area contributed by atoms with Gasteiger partial charge in [0.1, 0.15) is 0 Å². The van der Waals surface area contributed by atoms with Crippen molar-refractivity contribution in [2.75, 3.05) is 18.0 Å². The van der Waals surface area contributed by atoms with Crippen molar-refractivity contribution < 1.29 is 4.79 Å². The number of hydrogen-bond donors (Lipinski definition) is 1. The molecule has 0 radical (unpaired) electrons. The molecule has 0 aliphatic carbocycles. The first-order valence-electron chi connectivity index (χ1n) is 7.64. The molecule has 3 rings (SSSR count). The largest absolute Gasteiger partial charge is 0.367 e. The number of thiophene rings is 1. The first-order valence-corrected chi connectivity index (χ1v) is 8.52. The van der Waals surface area contributed by atoms with Gasteiger partial charge in [0.15, 0.2) is 0 Å². The van der Waals surface area contributed by atoms with E-state index in [1.165, 1.54) is 12.1 Å². The van der Waals surface area contributed by atoms with E-state index in [0.29, 0.717) is 12.6 Å². The van der Waals surface area contributed by atoms with Gasteiger partial charge >= 0.3 is 0 Å². The quantitative estimate of drug-likeness (QED) is 0.856. The molecule has 0 unspecified atom stereocenters. The number of anilines is 1. The predicted molar refractivity (Wildman–Crippen MR) is 93.2 cm³/mol. The molecule has 3 nitrogen and oxygen atoms in total. The number of nitrogens with one attached hydrogen (secondary N) is 1. The van der Waals surface area contributed by atoms with Crippen LogP contribution in [0.3, 0.4) is 0 Å². The number of hydrogen-bond acceptors (Lipinski definition) is 3. The third-order valence-corrected chi connectivity index (χ3v) is 4.76. The van der Waals surface area contributed by atoms with Crippen LogP contribution in [0.2, 0.25) is 0 Å². The molecule has 1 aliphatic heterocycles. The van der Waals surface area contributed by atoms with Crippen LogP contribution in [0, 0.1) is 0 Å². The van der Waals surface area contributed by atoms with Gasteiger partial charge in [0.2, 0.25) is 5.91 Å². The van der Waals surface area contributed by atoms with Gasteiger partial charge in [-0.25, -0.2) is 0 Å². The number of rotatable bonds is 5. The lowest BCUT2D eigenvalue weighted by molar-refractivity contribution is -0.116. The van der Waals surface area contributed by atoms with Crippen LogP contribution in [-0.2, 0) is 4.79 Å². The highest BCUT2D eigenvalue weighted by Crippen LogP contribution is 2.24. The maximum atomic E-state index is 11.9. The zero-order chi connectivity index (χ0) is 15.2. The molecule has 4 heteroatoms. The van der Waals surface area contributed by atoms with Gasteiger partial charge in [-0.1, -0.05) is 24.3 Å². The molecule has 1 saturated heterocycles. The van der Waals surface area contributed by atoms with Crippen LogP contribution in [0.1, 0.15) is 17.7 Å². The van der Waals surface area contributed by atoms with E-state index in [1.807, 2.05) is 29.7 Å². The number of para-hydroxylation sites is 1. The van der Waals surface area contributed by atoms with E-state index in [9.17, 15) is 4.79 Å². The lowest BCUT2D eigenvalue weighted by Crippen LogP contribution is -2.39. The molecule has 1 atom stereocenters. The highest BCUT2D eigenvalue weighted by molar-refractivity contribution is 7.10. The molecule has 0 saturated carbocycles. The molecule has 0 bridgehead atoms. The Morgan fingerprint density at radius 1 is 1.27 bits per heavy atom. The standard InChI is InChI=1S/C18H20N2OS/c21-18(11-10-17-9-5-13-22-17)19-14-16-8-4-12-20(16)15-6-2-1-3-7-15/h1-3,5-7,9-11,13,16H,4,8,12,14H2,(H,19,21)/b11-10+/t16-/m1/s1. The fourth-order valence-electron chi connectivity index (χ4n) is 2.83. The van der Waals surface area contributed by atoms with E-state index in [0.717, 1.165) is 17.8 Å². The van der Waals surface area contributed by atoms with Gasteiger partial charge in [0, 0.05) is 35.8 Å². The minimum absolute atomic E-state index is 0.0201. The summed E-state index contributed by atoms with van der Waals surface area (Å²) in [4.78, 5) is 15.4. The van der Waals surface area contributed by atoms with Crippen molar-refractivity contribution >= 4 is 29.0 Å². The van der Waals surface area contributed by atoms with Crippen LogP contribution in [0.25, 0.3) is 6.08 Å². The van der Waals surface area contributed by atoms with Gasteiger partial charge in [-0.05, 0) is 42.5 Å². The zero-order valence-corrected chi connectivity index (χ0v) is 13.3. The van der Waals surface area contributed by atoms with Gasteiger partial charge < -0.3 is 10.2 Å². The van der Waals surface area contributed by atoms with Crippen molar-refractivity contribution in [3.8, 4) is 0 Å². The van der Waals surface area contributed by atoms with Crippen LogP contribution >= 0.6 is 11.3 Å². The Bertz CT molecular complexity index is 622. The fourth-order valence-corrected chi connectivity index (χ4v) is 3.45. The monoisotopic (exact) mass is 312 g/mol. The Labute approximate surface area is 135 Å². The normalized spacial score (nSPS) is 18.0. The molecular formula is C18H20N2OS. The van der Waals surface area contributed by atoms with Crippen molar-refractivity contribution in [2.45, 2.75) is 18.9 Å². The molecule has 22 heavy (non-hydrogen) atoms. The van der Waals surface area contributed by atoms with Crippen molar-refractivity contribution in [1.82, 2.24) is 5.32 Å². The van der Waals surface area contributed by atoms with Crippen molar-refractivity contribution in [3.05, 3.63) is 58.8 Å². The molecule has 1 N–H and O–H groups in total. The van der Waals surface area contributed by atoms with E-state index in [1.54, 1.807) is 17.4 Å². The van der Waals surface area contributed by atoms with E-state index in [2.05, 4.69) is 34.5 Å². The van der Waals surface area contributed by atoms with Crippen LogP contribution in [-0.4, -0.2) is 25.0 Å². The summed E-state index contributed by atoms with van der Waals surface area (Å²) < 4.78 is 0. The summed E-state index contributed by atoms with van der Waals surface area (Å²) in [6.07, 6.45) is 5.79. The molecule has 2 heterocycles. The summed E-state index contributed by atoms with van der Waals surface area (Å²) in [6.45, 7) is 1.76. The number of benzene rings is 1. The molecular weight excluding hydrogens is 292 g/mol. The Kier molecular flexibility index (Phi) is 4.91. The van der Waals surface area contributed by atoms with Crippen molar-refractivity contribution in [3.63, 3.8) is 0 Å². The number of carbonyl (C=O) groups excluding carboxylic acids is 1. The summed E-state index contributed by atoms with van der Waals surface area (Å²) in [5, 5.41) is 5.03. The predicted octanol–water partition coefficient (Wildman–Crippen LogP) is 3.55. The van der Waals surface area contributed by atoms with E-state index in [4.69, 9.17) is 0 Å². The maximum absolute atomic E-state index is 11.9. The molecule has 1 aliphatic rings. The highest BCUT2D eigenvalue weighted by atomic mass is 32.1. The van der Waals surface area contributed by atoms with Crippen LogP contribution in [0.5, 0.6) is 0 Å². The SMILES string of the molecule is O=C(/C=C/c1cccs1)NC[C@H]1CCCN1c1ccccc1. The summed E-state index contributed by atoms with van der Waals surface area (Å²) in [5.41, 5.74) is 1.24. The van der Waals surface area contributed by atoms with Crippen LogP contribution in [0.15, 0.2) is 53.9 Å². The smallest absolute Gasteiger partial charge is 0.244 e. The average Bonchev–Trinajstić information content (AvgIpc) is 3.23. The van der Waals surface area contributed by atoms with Gasteiger partial charge in [0.05, 0.1) is 0 Å². The Balaban J connectivity index is 1.53.